The third-order valence-corrected chi connectivity index (χ3v) is 3.25. The summed E-state index contributed by atoms with van der Waals surface area (Å²) in [6.45, 7) is 4.55. The zero-order valence-corrected chi connectivity index (χ0v) is 11.7. The standard InChI is InChI=1S/C15H21N3O/c1-17(2)11-15-12-18(6-7-19-15)10-14-5-3-4-13(8-14)9-16/h3-5,8,15H,6-7,10-12H2,1-2H3/t15-/m1/s1. The summed E-state index contributed by atoms with van der Waals surface area (Å²) in [6.07, 6.45) is 0.280. The number of likely N-dealkylation sites (N-methyl/N-ethyl adjacent to an activating group) is 1. The summed E-state index contributed by atoms with van der Waals surface area (Å²) in [5.41, 5.74) is 1.93. The highest BCUT2D eigenvalue weighted by Gasteiger charge is 2.20. The van der Waals surface area contributed by atoms with Crippen LogP contribution < -0.4 is 0 Å². The molecule has 0 aliphatic carbocycles. The molecule has 2 rings (SSSR count). The molecule has 1 atom stereocenters. The first-order valence-corrected chi connectivity index (χ1v) is 6.65. The highest BCUT2D eigenvalue weighted by molar-refractivity contribution is 5.32. The normalized spacial score (nSPS) is 20.4. The lowest BCUT2D eigenvalue weighted by Crippen LogP contribution is -2.45. The summed E-state index contributed by atoms with van der Waals surface area (Å²) in [5, 5.41) is 8.92. The summed E-state index contributed by atoms with van der Waals surface area (Å²) in [6, 6.07) is 10.0. The van der Waals surface area contributed by atoms with Gasteiger partial charge in [-0.05, 0) is 31.8 Å². The molecule has 1 heterocycles. The molecule has 19 heavy (non-hydrogen) atoms. The van der Waals surface area contributed by atoms with Crippen LogP contribution in [0.5, 0.6) is 0 Å². The first-order chi connectivity index (χ1) is 9.17. The number of benzene rings is 1. The average molecular weight is 259 g/mol. The Morgan fingerprint density at radius 1 is 1.47 bits per heavy atom. The fourth-order valence-corrected chi connectivity index (χ4v) is 2.44. The first-order valence-electron chi connectivity index (χ1n) is 6.65. The van der Waals surface area contributed by atoms with Crippen LogP contribution in [0.25, 0.3) is 0 Å². The fourth-order valence-electron chi connectivity index (χ4n) is 2.44. The smallest absolute Gasteiger partial charge is 0.0991 e. The van der Waals surface area contributed by atoms with Crippen LogP contribution in [0.4, 0.5) is 0 Å². The molecule has 0 saturated carbocycles. The van der Waals surface area contributed by atoms with E-state index < -0.39 is 0 Å². The van der Waals surface area contributed by atoms with Crippen molar-refractivity contribution in [3.8, 4) is 6.07 Å². The van der Waals surface area contributed by atoms with Crippen molar-refractivity contribution in [3.63, 3.8) is 0 Å². The Labute approximate surface area is 115 Å². The number of nitriles is 1. The van der Waals surface area contributed by atoms with Gasteiger partial charge in [0.15, 0.2) is 0 Å². The summed E-state index contributed by atoms with van der Waals surface area (Å²) in [5.74, 6) is 0. The molecule has 4 heteroatoms. The Kier molecular flexibility index (Phi) is 4.92. The number of morpholine rings is 1. The van der Waals surface area contributed by atoms with Gasteiger partial charge in [0.05, 0.1) is 24.3 Å². The molecular weight excluding hydrogens is 238 g/mol. The molecule has 0 spiro atoms. The quantitative estimate of drug-likeness (QED) is 0.817. The van der Waals surface area contributed by atoms with E-state index in [0.717, 1.165) is 38.3 Å². The second-order valence-corrected chi connectivity index (χ2v) is 5.30. The highest BCUT2D eigenvalue weighted by atomic mass is 16.5. The van der Waals surface area contributed by atoms with Crippen molar-refractivity contribution in [2.45, 2.75) is 12.6 Å². The molecule has 0 unspecified atom stereocenters. The zero-order chi connectivity index (χ0) is 13.7. The van der Waals surface area contributed by atoms with Crippen molar-refractivity contribution in [1.82, 2.24) is 9.80 Å². The van der Waals surface area contributed by atoms with Crippen LogP contribution in [0.15, 0.2) is 24.3 Å². The van der Waals surface area contributed by atoms with Gasteiger partial charge in [-0.25, -0.2) is 0 Å². The van der Waals surface area contributed by atoms with Gasteiger partial charge in [0.2, 0.25) is 0 Å². The second-order valence-electron chi connectivity index (χ2n) is 5.30. The second kappa shape index (κ2) is 6.67. The Morgan fingerprint density at radius 2 is 2.32 bits per heavy atom. The molecule has 0 aromatic heterocycles. The number of hydrogen-bond acceptors (Lipinski definition) is 4. The lowest BCUT2D eigenvalue weighted by molar-refractivity contribution is -0.0406. The largest absolute Gasteiger partial charge is 0.374 e. The highest BCUT2D eigenvalue weighted by Crippen LogP contribution is 2.12. The molecule has 1 aliphatic rings. The minimum atomic E-state index is 0.280. The van der Waals surface area contributed by atoms with Gasteiger partial charge >= 0.3 is 0 Å². The molecule has 0 radical (unpaired) electrons. The third kappa shape index (κ3) is 4.32. The van der Waals surface area contributed by atoms with E-state index in [-0.39, 0.29) is 6.10 Å². The summed E-state index contributed by atoms with van der Waals surface area (Å²) < 4.78 is 5.77. The van der Waals surface area contributed by atoms with Gasteiger partial charge in [-0.2, -0.15) is 5.26 Å². The van der Waals surface area contributed by atoms with E-state index in [4.69, 9.17) is 10.00 Å². The van der Waals surface area contributed by atoms with E-state index in [9.17, 15) is 0 Å². The first kappa shape index (κ1) is 14.0. The maximum atomic E-state index is 8.92. The summed E-state index contributed by atoms with van der Waals surface area (Å²) in [7, 11) is 4.14. The Morgan fingerprint density at radius 3 is 3.05 bits per heavy atom. The van der Waals surface area contributed by atoms with Crippen molar-refractivity contribution in [2.24, 2.45) is 0 Å². The summed E-state index contributed by atoms with van der Waals surface area (Å²) in [4.78, 5) is 4.55. The van der Waals surface area contributed by atoms with Crippen LogP contribution in [0.2, 0.25) is 0 Å². The van der Waals surface area contributed by atoms with Gasteiger partial charge in [0, 0.05) is 26.2 Å². The topological polar surface area (TPSA) is 39.5 Å². The van der Waals surface area contributed by atoms with Crippen LogP contribution in [-0.2, 0) is 11.3 Å². The van der Waals surface area contributed by atoms with E-state index in [0.29, 0.717) is 0 Å². The lowest BCUT2D eigenvalue weighted by atomic mass is 10.1. The number of nitrogens with zero attached hydrogens (tertiary/aromatic N) is 3. The molecule has 1 saturated heterocycles. The minimum absolute atomic E-state index is 0.280. The third-order valence-electron chi connectivity index (χ3n) is 3.25. The molecule has 0 amide bonds. The van der Waals surface area contributed by atoms with Crippen molar-refractivity contribution in [3.05, 3.63) is 35.4 Å². The van der Waals surface area contributed by atoms with Gasteiger partial charge in [0.1, 0.15) is 0 Å². The monoisotopic (exact) mass is 259 g/mol. The Balaban J connectivity index is 1.93. The van der Waals surface area contributed by atoms with Crippen molar-refractivity contribution >= 4 is 0 Å². The fraction of sp³-hybridized carbons (Fsp3) is 0.533. The molecule has 0 N–H and O–H groups in total. The van der Waals surface area contributed by atoms with E-state index in [1.807, 2.05) is 18.2 Å². The van der Waals surface area contributed by atoms with Crippen LogP contribution in [0.3, 0.4) is 0 Å². The lowest BCUT2D eigenvalue weighted by Gasteiger charge is -2.34. The molecule has 1 aliphatic heterocycles. The zero-order valence-electron chi connectivity index (χ0n) is 11.7. The predicted molar refractivity (Wildman–Crippen MR) is 74.7 cm³/mol. The van der Waals surface area contributed by atoms with Crippen LogP contribution in [0, 0.1) is 11.3 Å². The molecule has 0 bridgehead atoms. The maximum Gasteiger partial charge on any atom is 0.0991 e. The van der Waals surface area contributed by atoms with E-state index in [1.165, 1.54) is 5.56 Å². The molecule has 1 fully saturated rings. The van der Waals surface area contributed by atoms with E-state index >= 15 is 0 Å². The average Bonchev–Trinajstić information content (AvgIpc) is 2.38. The Bertz CT molecular complexity index is 453. The van der Waals surface area contributed by atoms with Crippen molar-refractivity contribution < 1.29 is 4.74 Å². The van der Waals surface area contributed by atoms with E-state index in [1.54, 1.807) is 0 Å². The van der Waals surface area contributed by atoms with Crippen LogP contribution in [-0.4, -0.2) is 56.2 Å². The summed E-state index contributed by atoms with van der Waals surface area (Å²) >= 11 is 0. The maximum absolute atomic E-state index is 8.92. The molecular formula is C15H21N3O. The van der Waals surface area contributed by atoms with Gasteiger partial charge in [-0.3, -0.25) is 4.90 Å². The van der Waals surface area contributed by atoms with E-state index in [2.05, 4.69) is 36.0 Å². The Hall–Kier alpha value is -1.41. The van der Waals surface area contributed by atoms with Crippen LogP contribution in [0.1, 0.15) is 11.1 Å². The van der Waals surface area contributed by atoms with Gasteiger partial charge in [-0.1, -0.05) is 12.1 Å². The predicted octanol–water partition coefficient (Wildman–Crippen LogP) is 1.32. The minimum Gasteiger partial charge on any atom is -0.374 e. The van der Waals surface area contributed by atoms with Crippen LogP contribution >= 0.6 is 0 Å². The molecule has 1 aromatic rings. The SMILES string of the molecule is CN(C)C[C@@H]1CN(Cc2cccc(C#N)c2)CCO1. The number of hydrogen-bond donors (Lipinski definition) is 0. The van der Waals surface area contributed by atoms with Gasteiger partial charge in [0.25, 0.3) is 0 Å². The van der Waals surface area contributed by atoms with Crippen molar-refractivity contribution in [2.75, 3.05) is 40.3 Å². The molecule has 1 aromatic carbocycles. The molecule has 4 nitrogen and oxygen atoms in total. The molecule has 102 valence electrons. The van der Waals surface area contributed by atoms with Gasteiger partial charge in [-0.15, -0.1) is 0 Å². The van der Waals surface area contributed by atoms with Gasteiger partial charge < -0.3 is 9.64 Å². The number of rotatable bonds is 4. The number of ether oxygens (including phenoxy) is 1. The van der Waals surface area contributed by atoms with Crippen molar-refractivity contribution in [1.29, 1.82) is 5.26 Å².